The molecule has 4 nitrogen and oxygen atoms in total. The number of carbonyl (C=O) groups is 1. The number of hydrogen-bond donors (Lipinski definition) is 2. The van der Waals surface area contributed by atoms with Crippen LogP contribution >= 0.6 is 0 Å². The van der Waals surface area contributed by atoms with Gasteiger partial charge in [-0.25, -0.2) is 0 Å². The smallest absolute Gasteiger partial charge is 0.311 e. The molecular formula is C12H23NO3. The highest BCUT2D eigenvalue weighted by Gasteiger charge is 2.31. The Kier molecular flexibility index (Phi) is 4.74. The Morgan fingerprint density at radius 1 is 1.50 bits per heavy atom. The summed E-state index contributed by atoms with van der Waals surface area (Å²) in [5, 5.41) is 12.2. The van der Waals surface area contributed by atoms with Crippen LogP contribution in [-0.4, -0.2) is 36.9 Å². The van der Waals surface area contributed by atoms with E-state index in [0.717, 1.165) is 19.5 Å². The Morgan fingerprint density at radius 2 is 2.19 bits per heavy atom. The molecule has 1 saturated heterocycles. The molecule has 0 aromatic carbocycles. The van der Waals surface area contributed by atoms with Crippen molar-refractivity contribution >= 4 is 5.97 Å². The van der Waals surface area contributed by atoms with Crippen LogP contribution in [0.5, 0.6) is 0 Å². The Balaban J connectivity index is 2.52. The summed E-state index contributed by atoms with van der Waals surface area (Å²) in [5.41, 5.74) is -0.450. The first-order chi connectivity index (χ1) is 7.45. The van der Waals surface area contributed by atoms with Crippen LogP contribution in [0, 0.1) is 11.3 Å². The first kappa shape index (κ1) is 13.5. The van der Waals surface area contributed by atoms with Gasteiger partial charge < -0.3 is 15.2 Å². The maximum atomic E-state index is 11.8. The number of nitrogens with one attached hydrogen (secondary N) is 1. The summed E-state index contributed by atoms with van der Waals surface area (Å²) in [4.78, 5) is 11.8. The first-order valence-corrected chi connectivity index (χ1v) is 5.98. The third kappa shape index (κ3) is 3.76. The lowest BCUT2D eigenvalue weighted by Gasteiger charge is -2.33. The molecule has 1 rings (SSSR count). The number of aliphatic hydroxyl groups is 1. The highest BCUT2D eigenvalue weighted by atomic mass is 16.5. The van der Waals surface area contributed by atoms with Gasteiger partial charge in [0.1, 0.15) is 6.10 Å². The lowest BCUT2D eigenvalue weighted by molar-refractivity contribution is -0.163. The van der Waals surface area contributed by atoms with Crippen molar-refractivity contribution in [3.05, 3.63) is 0 Å². The fourth-order valence-corrected chi connectivity index (χ4v) is 1.82. The van der Waals surface area contributed by atoms with Gasteiger partial charge in [-0.1, -0.05) is 0 Å². The zero-order chi connectivity index (χ0) is 12.2. The van der Waals surface area contributed by atoms with E-state index in [9.17, 15) is 4.79 Å². The van der Waals surface area contributed by atoms with Crippen LogP contribution in [0.3, 0.4) is 0 Å². The molecule has 0 spiro atoms. The predicted octanol–water partition coefficient (Wildman–Crippen LogP) is 0.936. The largest absolute Gasteiger partial charge is 0.462 e. The minimum absolute atomic E-state index is 0.0416. The predicted molar refractivity (Wildman–Crippen MR) is 62.0 cm³/mol. The first-order valence-electron chi connectivity index (χ1n) is 5.98. The van der Waals surface area contributed by atoms with Crippen LogP contribution in [0.25, 0.3) is 0 Å². The van der Waals surface area contributed by atoms with Gasteiger partial charge in [-0.2, -0.15) is 0 Å². The van der Waals surface area contributed by atoms with E-state index in [1.807, 2.05) is 20.8 Å². The SMILES string of the molecule is CC(C)(C)C(=O)OC1CCNCC1CCO. The van der Waals surface area contributed by atoms with Crippen LogP contribution in [0.15, 0.2) is 0 Å². The Labute approximate surface area is 97.4 Å². The van der Waals surface area contributed by atoms with Gasteiger partial charge >= 0.3 is 5.97 Å². The monoisotopic (exact) mass is 229 g/mol. The van der Waals surface area contributed by atoms with E-state index in [0.29, 0.717) is 6.42 Å². The van der Waals surface area contributed by atoms with Gasteiger partial charge in [0.15, 0.2) is 0 Å². The summed E-state index contributed by atoms with van der Waals surface area (Å²) >= 11 is 0. The Morgan fingerprint density at radius 3 is 2.75 bits per heavy atom. The molecule has 2 N–H and O–H groups in total. The van der Waals surface area contributed by atoms with Crippen molar-refractivity contribution in [3.63, 3.8) is 0 Å². The summed E-state index contributed by atoms with van der Waals surface area (Å²) < 4.78 is 5.53. The van der Waals surface area contributed by atoms with Crippen molar-refractivity contribution in [2.45, 2.75) is 39.7 Å². The standard InChI is InChI=1S/C12H23NO3/c1-12(2,3)11(15)16-10-4-6-13-8-9(10)5-7-14/h9-10,13-14H,4-8H2,1-3H3. The van der Waals surface area contributed by atoms with E-state index in [-0.39, 0.29) is 24.6 Å². The second-order valence-corrected chi connectivity index (χ2v) is 5.46. The third-order valence-electron chi connectivity index (χ3n) is 2.91. The van der Waals surface area contributed by atoms with Crippen LogP contribution < -0.4 is 5.32 Å². The second-order valence-electron chi connectivity index (χ2n) is 5.46. The molecule has 2 atom stereocenters. The minimum Gasteiger partial charge on any atom is -0.462 e. The van der Waals surface area contributed by atoms with E-state index in [1.165, 1.54) is 0 Å². The molecule has 4 heteroatoms. The van der Waals surface area contributed by atoms with Gasteiger partial charge in [-0.05, 0) is 40.2 Å². The normalized spacial score (nSPS) is 26.5. The van der Waals surface area contributed by atoms with Crippen molar-refractivity contribution in [1.82, 2.24) is 5.32 Å². The van der Waals surface area contributed by atoms with Crippen LogP contribution in [0.4, 0.5) is 0 Å². The second kappa shape index (κ2) is 5.64. The van der Waals surface area contributed by atoms with Gasteiger partial charge in [0, 0.05) is 19.1 Å². The summed E-state index contributed by atoms with van der Waals surface area (Å²) in [6.07, 6.45) is 1.49. The number of rotatable bonds is 3. The molecule has 1 fully saturated rings. The van der Waals surface area contributed by atoms with Crippen molar-refractivity contribution < 1.29 is 14.6 Å². The molecule has 2 unspecified atom stereocenters. The minimum atomic E-state index is -0.450. The van der Waals surface area contributed by atoms with E-state index < -0.39 is 5.41 Å². The lowest BCUT2D eigenvalue weighted by atomic mass is 9.92. The Bertz CT molecular complexity index is 233. The quantitative estimate of drug-likeness (QED) is 0.707. The number of aliphatic hydroxyl groups excluding tert-OH is 1. The maximum absolute atomic E-state index is 11.8. The molecule has 0 saturated carbocycles. The van der Waals surface area contributed by atoms with E-state index in [2.05, 4.69) is 5.32 Å². The summed E-state index contributed by atoms with van der Waals surface area (Å²) in [6.45, 7) is 7.43. The third-order valence-corrected chi connectivity index (χ3v) is 2.91. The Hall–Kier alpha value is -0.610. The van der Waals surface area contributed by atoms with Crippen molar-refractivity contribution in [1.29, 1.82) is 0 Å². The van der Waals surface area contributed by atoms with E-state index in [4.69, 9.17) is 9.84 Å². The number of hydrogen-bond acceptors (Lipinski definition) is 4. The zero-order valence-corrected chi connectivity index (χ0v) is 10.5. The van der Waals surface area contributed by atoms with Crippen LogP contribution in [0.2, 0.25) is 0 Å². The molecule has 0 aromatic rings. The molecule has 94 valence electrons. The molecule has 0 radical (unpaired) electrons. The number of piperidine rings is 1. The fourth-order valence-electron chi connectivity index (χ4n) is 1.82. The fraction of sp³-hybridized carbons (Fsp3) is 0.917. The van der Waals surface area contributed by atoms with Gasteiger partial charge in [-0.3, -0.25) is 4.79 Å². The summed E-state index contributed by atoms with van der Waals surface area (Å²) in [6, 6.07) is 0. The van der Waals surface area contributed by atoms with E-state index >= 15 is 0 Å². The van der Waals surface area contributed by atoms with Crippen molar-refractivity contribution in [2.75, 3.05) is 19.7 Å². The van der Waals surface area contributed by atoms with Crippen LogP contribution in [-0.2, 0) is 9.53 Å². The average Bonchev–Trinajstić information content (AvgIpc) is 2.20. The molecule has 0 aliphatic carbocycles. The number of carbonyl (C=O) groups excluding carboxylic acids is 1. The highest BCUT2D eigenvalue weighted by Crippen LogP contribution is 2.23. The topological polar surface area (TPSA) is 58.6 Å². The number of ether oxygens (including phenoxy) is 1. The lowest BCUT2D eigenvalue weighted by Crippen LogP contribution is -2.44. The van der Waals surface area contributed by atoms with Crippen LogP contribution in [0.1, 0.15) is 33.6 Å². The average molecular weight is 229 g/mol. The van der Waals surface area contributed by atoms with E-state index in [1.54, 1.807) is 0 Å². The van der Waals surface area contributed by atoms with Gasteiger partial charge in [0.25, 0.3) is 0 Å². The molecule has 0 bridgehead atoms. The molecule has 1 aliphatic heterocycles. The van der Waals surface area contributed by atoms with Crippen molar-refractivity contribution in [3.8, 4) is 0 Å². The molecule has 1 heterocycles. The number of esters is 1. The maximum Gasteiger partial charge on any atom is 0.311 e. The highest BCUT2D eigenvalue weighted by molar-refractivity contribution is 5.75. The summed E-state index contributed by atoms with van der Waals surface area (Å²) in [5.74, 6) is 0.0902. The molecule has 1 aliphatic rings. The molecule has 0 aromatic heterocycles. The molecule has 0 amide bonds. The van der Waals surface area contributed by atoms with Gasteiger partial charge in [0.2, 0.25) is 0 Å². The van der Waals surface area contributed by atoms with Gasteiger partial charge in [0.05, 0.1) is 5.41 Å². The molecule has 16 heavy (non-hydrogen) atoms. The summed E-state index contributed by atoms with van der Waals surface area (Å²) in [7, 11) is 0. The van der Waals surface area contributed by atoms with Crippen molar-refractivity contribution in [2.24, 2.45) is 11.3 Å². The molecular weight excluding hydrogens is 206 g/mol. The zero-order valence-electron chi connectivity index (χ0n) is 10.5. The van der Waals surface area contributed by atoms with Gasteiger partial charge in [-0.15, -0.1) is 0 Å².